The molecule has 0 bridgehead atoms. The number of esters is 1. The third-order valence-corrected chi connectivity index (χ3v) is 4.80. The van der Waals surface area contributed by atoms with Crippen LogP contribution < -0.4 is 4.74 Å². The molecule has 0 saturated heterocycles. The van der Waals surface area contributed by atoms with E-state index in [1.54, 1.807) is 17.0 Å². The van der Waals surface area contributed by atoms with Crippen molar-refractivity contribution < 1.29 is 19.2 Å². The number of nitro benzene ring substituents is 1. The van der Waals surface area contributed by atoms with E-state index in [0.29, 0.717) is 5.69 Å². The first-order valence-corrected chi connectivity index (χ1v) is 8.55. The normalized spacial score (nSPS) is 14.8. The van der Waals surface area contributed by atoms with Gasteiger partial charge in [0.05, 0.1) is 19.1 Å². The second-order valence-corrected chi connectivity index (χ2v) is 6.28. The van der Waals surface area contributed by atoms with Crippen molar-refractivity contribution in [1.82, 2.24) is 9.55 Å². The summed E-state index contributed by atoms with van der Waals surface area (Å²) in [7, 11) is 2.63. The summed E-state index contributed by atoms with van der Waals surface area (Å²) in [6.07, 6.45) is 8.86. The van der Waals surface area contributed by atoms with Gasteiger partial charge in [-0.1, -0.05) is 19.3 Å². The van der Waals surface area contributed by atoms with E-state index < -0.39 is 10.9 Å². The topological polar surface area (TPSA) is 96.5 Å². The van der Waals surface area contributed by atoms with Crippen LogP contribution in [0.2, 0.25) is 0 Å². The minimum atomic E-state index is -0.686. The minimum Gasteiger partial charge on any atom is -0.496 e. The molecule has 2 aromatic rings. The van der Waals surface area contributed by atoms with Crippen LogP contribution in [0.15, 0.2) is 24.5 Å². The Bertz CT molecular complexity index is 824. The zero-order chi connectivity index (χ0) is 18.7. The number of carbonyl (C=O) groups is 1. The maximum Gasteiger partial charge on any atom is 0.341 e. The van der Waals surface area contributed by atoms with Gasteiger partial charge in [0.2, 0.25) is 0 Å². The smallest absolute Gasteiger partial charge is 0.341 e. The van der Waals surface area contributed by atoms with E-state index in [1.807, 2.05) is 0 Å². The van der Waals surface area contributed by atoms with Crippen molar-refractivity contribution >= 4 is 11.7 Å². The average Bonchev–Trinajstić information content (AvgIpc) is 3.16. The fourth-order valence-corrected chi connectivity index (χ4v) is 3.52. The maximum absolute atomic E-state index is 11.9. The molecule has 1 aromatic carbocycles. The summed E-state index contributed by atoms with van der Waals surface area (Å²) in [6, 6.07) is 2.70. The summed E-state index contributed by atoms with van der Waals surface area (Å²) >= 11 is 0. The van der Waals surface area contributed by atoms with Gasteiger partial charge in [0.25, 0.3) is 5.69 Å². The van der Waals surface area contributed by atoms with Gasteiger partial charge in [0.15, 0.2) is 0 Å². The molecule has 1 aliphatic carbocycles. The Labute approximate surface area is 150 Å². The highest BCUT2D eigenvalue weighted by molar-refractivity contribution is 5.94. The number of rotatable bonds is 5. The number of benzene rings is 1. The zero-order valence-electron chi connectivity index (χ0n) is 14.8. The Morgan fingerprint density at radius 2 is 2.00 bits per heavy atom. The number of hydrogen-bond acceptors (Lipinski definition) is 6. The lowest BCUT2D eigenvalue weighted by molar-refractivity contribution is -0.384. The SMILES string of the molecule is COC(=O)c1cc([N+](=O)[O-])c(-n2ccnc2C2CCCCC2)cc1OC. The summed E-state index contributed by atoms with van der Waals surface area (Å²) in [4.78, 5) is 27.5. The Balaban J connectivity index is 2.14. The highest BCUT2D eigenvalue weighted by atomic mass is 16.6. The van der Waals surface area contributed by atoms with E-state index in [9.17, 15) is 14.9 Å². The molecule has 0 amide bonds. The quantitative estimate of drug-likeness (QED) is 0.459. The largest absolute Gasteiger partial charge is 0.496 e. The Kier molecular flexibility index (Phi) is 5.20. The van der Waals surface area contributed by atoms with E-state index in [1.165, 1.54) is 32.8 Å². The number of nitro groups is 1. The van der Waals surface area contributed by atoms with Crippen LogP contribution in [-0.2, 0) is 4.74 Å². The molecular weight excluding hydrogens is 338 g/mol. The molecule has 8 heteroatoms. The van der Waals surface area contributed by atoms with Crippen LogP contribution in [0.5, 0.6) is 5.75 Å². The standard InChI is InChI=1S/C18H21N3O5/c1-25-16-11-14(15(21(23)24)10-13(16)18(22)26-2)20-9-8-19-17(20)12-6-4-3-5-7-12/h8-12H,3-7H2,1-2H3. The molecule has 1 aliphatic rings. The predicted molar refractivity (Wildman–Crippen MR) is 93.9 cm³/mol. The van der Waals surface area contributed by atoms with Gasteiger partial charge >= 0.3 is 5.97 Å². The van der Waals surface area contributed by atoms with Gasteiger partial charge in [-0.3, -0.25) is 14.7 Å². The summed E-state index contributed by atoms with van der Waals surface area (Å²) < 4.78 is 11.7. The molecule has 0 N–H and O–H groups in total. The lowest BCUT2D eigenvalue weighted by atomic mass is 9.88. The van der Waals surface area contributed by atoms with Gasteiger partial charge in [-0.25, -0.2) is 9.78 Å². The van der Waals surface area contributed by atoms with Gasteiger partial charge in [-0.2, -0.15) is 0 Å². The summed E-state index contributed by atoms with van der Waals surface area (Å²) in [5, 5.41) is 11.6. The van der Waals surface area contributed by atoms with Crippen LogP contribution in [0, 0.1) is 10.1 Å². The highest BCUT2D eigenvalue weighted by Crippen LogP contribution is 2.37. The van der Waals surface area contributed by atoms with Crippen LogP contribution in [0.25, 0.3) is 5.69 Å². The Morgan fingerprint density at radius 1 is 1.27 bits per heavy atom. The maximum atomic E-state index is 11.9. The van der Waals surface area contributed by atoms with E-state index in [4.69, 9.17) is 9.47 Å². The van der Waals surface area contributed by atoms with Crippen LogP contribution >= 0.6 is 0 Å². The first-order valence-electron chi connectivity index (χ1n) is 8.55. The molecule has 26 heavy (non-hydrogen) atoms. The van der Waals surface area contributed by atoms with E-state index in [2.05, 4.69) is 4.98 Å². The van der Waals surface area contributed by atoms with Crippen molar-refractivity contribution in [1.29, 1.82) is 0 Å². The molecule has 3 rings (SSSR count). The number of hydrogen-bond donors (Lipinski definition) is 0. The van der Waals surface area contributed by atoms with Gasteiger partial charge in [0.1, 0.15) is 22.8 Å². The molecule has 1 fully saturated rings. The molecule has 1 aromatic heterocycles. The number of nitrogens with zero attached hydrogens (tertiary/aromatic N) is 3. The predicted octanol–water partition coefficient (Wildman–Crippen LogP) is 3.62. The lowest BCUT2D eigenvalue weighted by Crippen LogP contribution is -2.13. The Hall–Kier alpha value is -2.90. The van der Waals surface area contributed by atoms with Crippen LogP contribution in [-0.4, -0.2) is 34.7 Å². The van der Waals surface area contributed by atoms with Crippen LogP contribution in [0.4, 0.5) is 5.69 Å². The van der Waals surface area contributed by atoms with Crippen molar-refractivity contribution in [3.63, 3.8) is 0 Å². The number of aromatic nitrogens is 2. The summed E-state index contributed by atoms with van der Waals surface area (Å²) in [6.45, 7) is 0. The number of methoxy groups -OCH3 is 2. The van der Waals surface area contributed by atoms with Crippen molar-refractivity contribution in [2.45, 2.75) is 38.0 Å². The summed E-state index contributed by atoms with van der Waals surface area (Å²) in [5.41, 5.74) is 0.156. The zero-order valence-corrected chi connectivity index (χ0v) is 14.8. The van der Waals surface area contributed by atoms with Crippen molar-refractivity contribution in [3.05, 3.63) is 46.0 Å². The third-order valence-electron chi connectivity index (χ3n) is 4.80. The molecule has 138 valence electrons. The summed E-state index contributed by atoms with van der Waals surface area (Å²) in [5.74, 6) is 0.612. The second kappa shape index (κ2) is 7.55. The number of carbonyl (C=O) groups excluding carboxylic acids is 1. The molecule has 0 unspecified atom stereocenters. The number of ether oxygens (including phenoxy) is 2. The molecule has 1 saturated carbocycles. The number of imidazole rings is 1. The molecule has 0 aliphatic heterocycles. The lowest BCUT2D eigenvalue weighted by Gasteiger charge is -2.22. The van der Waals surface area contributed by atoms with E-state index >= 15 is 0 Å². The Morgan fingerprint density at radius 3 is 2.62 bits per heavy atom. The van der Waals surface area contributed by atoms with Gasteiger partial charge in [0, 0.05) is 30.4 Å². The molecular formula is C18H21N3O5. The van der Waals surface area contributed by atoms with Crippen LogP contribution in [0.3, 0.4) is 0 Å². The van der Waals surface area contributed by atoms with Crippen LogP contribution in [0.1, 0.15) is 54.2 Å². The third kappa shape index (κ3) is 3.26. The molecule has 1 heterocycles. The fourth-order valence-electron chi connectivity index (χ4n) is 3.52. The van der Waals surface area contributed by atoms with Crippen molar-refractivity contribution in [2.75, 3.05) is 14.2 Å². The van der Waals surface area contributed by atoms with E-state index in [-0.39, 0.29) is 22.9 Å². The van der Waals surface area contributed by atoms with Crippen molar-refractivity contribution in [3.8, 4) is 11.4 Å². The van der Waals surface area contributed by atoms with Gasteiger partial charge in [-0.05, 0) is 12.8 Å². The minimum absolute atomic E-state index is 0.0183. The van der Waals surface area contributed by atoms with Gasteiger partial charge < -0.3 is 9.47 Å². The average molecular weight is 359 g/mol. The first-order chi connectivity index (χ1) is 12.6. The molecule has 0 radical (unpaired) electrons. The fraction of sp³-hybridized carbons (Fsp3) is 0.444. The molecule has 0 spiro atoms. The second-order valence-electron chi connectivity index (χ2n) is 6.28. The van der Waals surface area contributed by atoms with E-state index in [0.717, 1.165) is 31.5 Å². The molecule has 0 atom stereocenters. The monoisotopic (exact) mass is 359 g/mol. The van der Waals surface area contributed by atoms with Gasteiger partial charge in [-0.15, -0.1) is 0 Å². The van der Waals surface area contributed by atoms with Crippen molar-refractivity contribution in [2.24, 2.45) is 0 Å². The first kappa shape index (κ1) is 17.9. The molecule has 8 nitrogen and oxygen atoms in total. The highest BCUT2D eigenvalue weighted by Gasteiger charge is 2.27.